The average Bonchev–Trinajstić information content (AvgIpc) is 2.80. The summed E-state index contributed by atoms with van der Waals surface area (Å²) in [6.45, 7) is -0.501. The molecule has 2 aromatic carbocycles. The van der Waals surface area contributed by atoms with E-state index < -0.39 is 18.5 Å². The minimum absolute atomic E-state index is 0.188. The number of anilines is 1. The Bertz CT molecular complexity index is 1190. The Morgan fingerprint density at radius 2 is 1.62 bits per heavy atom. The van der Waals surface area contributed by atoms with Crippen molar-refractivity contribution < 1.29 is 28.5 Å². The van der Waals surface area contributed by atoms with E-state index in [9.17, 15) is 14.4 Å². The third kappa shape index (κ3) is 4.80. The van der Waals surface area contributed by atoms with Crippen molar-refractivity contribution in [1.82, 2.24) is 9.78 Å². The first-order valence-electron chi connectivity index (χ1n) is 9.58. The molecule has 0 atom stereocenters. The summed E-state index contributed by atoms with van der Waals surface area (Å²) >= 11 is 0. The Labute approximate surface area is 183 Å². The van der Waals surface area contributed by atoms with Gasteiger partial charge in [0.1, 0.15) is 0 Å². The number of ether oxygens (including phenoxy) is 4. The van der Waals surface area contributed by atoms with Gasteiger partial charge in [-0.25, -0.2) is 4.68 Å². The van der Waals surface area contributed by atoms with E-state index >= 15 is 0 Å². The molecule has 0 saturated heterocycles. The van der Waals surface area contributed by atoms with Crippen LogP contribution in [0.2, 0.25) is 0 Å². The van der Waals surface area contributed by atoms with Crippen LogP contribution in [0.4, 0.5) is 5.69 Å². The Morgan fingerprint density at radius 3 is 2.22 bits per heavy atom. The lowest BCUT2D eigenvalue weighted by Crippen LogP contribution is -2.24. The number of aryl methyl sites for hydroxylation is 1. The summed E-state index contributed by atoms with van der Waals surface area (Å²) in [6, 6.07) is 9.98. The lowest BCUT2D eigenvalue weighted by Gasteiger charge is -2.14. The molecule has 1 aromatic heterocycles. The van der Waals surface area contributed by atoms with E-state index in [1.165, 1.54) is 33.1 Å². The zero-order valence-corrected chi connectivity index (χ0v) is 18.1. The van der Waals surface area contributed by atoms with E-state index in [0.29, 0.717) is 39.4 Å². The second-order valence-corrected chi connectivity index (χ2v) is 6.72. The number of methoxy groups -OCH3 is 3. The number of carbonyl (C=O) groups excluding carboxylic acids is 2. The molecule has 3 aromatic rings. The molecule has 10 heteroatoms. The number of nitrogens with zero attached hydrogens (tertiary/aromatic N) is 2. The van der Waals surface area contributed by atoms with E-state index in [-0.39, 0.29) is 12.0 Å². The van der Waals surface area contributed by atoms with Crippen LogP contribution in [0.1, 0.15) is 5.69 Å². The Morgan fingerprint density at radius 1 is 1.00 bits per heavy atom. The second-order valence-electron chi connectivity index (χ2n) is 6.72. The normalized spacial score (nSPS) is 10.5. The number of fused-ring (bicyclic) bond motifs is 1. The van der Waals surface area contributed by atoms with E-state index in [4.69, 9.17) is 18.9 Å². The molecule has 0 fully saturated rings. The van der Waals surface area contributed by atoms with Gasteiger partial charge in [0, 0.05) is 30.3 Å². The van der Waals surface area contributed by atoms with Gasteiger partial charge in [0.25, 0.3) is 11.5 Å². The van der Waals surface area contributed by atoms with Crippen LogP contribution in [0.15, 0.2) is 41.2 Å². The number of aromatic nitrogens is 2. The molecule has 3 rings (SSSR count). The van der Waals surface area contributed by atoms with Crippen LogP contribution in [-0.4, -0.2) is 49.6 Å². The summed E-state index contributed by atoms with van der Waals surface area (Å²) in [4.78, 5) is 36.8. The van der Waals surface area contributed by atoms with Gasteiger partial charge in [0.15, 0.2) is 18.1 Å². The van der Waals surface area contributed by atoms with Crippen molar-refractivity contribution in [3.63, 3.8) is 0 Å². The summed E-state index contributed by atoms with van der Waals surface area (Å²) in [7, 11) is 5.90. The molecule has 1 amide bonds. The van der Waals surface area contributed by atoms with Crippen LogP contribution < -0.4 is 25.1 Å². The van der Waals surface area contributed by atoms with Gasteiger partial charge in [0.2, 0.25) is 5.75 Å². The smallest absolute Gasteiger partial charge is 0.312 e. The maximum atomic E-state index is 12.3. The first kappa shape index (κ1) is 22.6. The van der Waals surface area contributed by atoms with E-state index in [2.05, 4.69) is 10.4 Å². The molecular weight excluding hydrogens is 418 g/mol. The molecule has 1 heterocycles. The fourth-order valence-electron chi connectivity index (χ4n) is 3.19. The predicted octanol–water partition coefficient (Wildman–Crippen LogP) is 1.68. The number of esters is 1. The minimum atomic E-state index is -0.652. The molecule has 0 aliphatic heterocycles. The minimum Gasteiger partial charge on any atom is -0.493 e. The summed E-state index contributed by atoms with van der Waals surface area (Å²) in [5, 5.41) is 7.78. The molecule has 0 bridgehead atoms. The Balaban J connectivity index is 1.66. The molecule has 0 saturated carbocycles. The fourth-order valence-corrected chi connectivity index (χ4v) is 3.19. The zero-order valence-electron chi connectivity index (χ0n) is 18.1. The quantitative estimate of drug-likeness (QED) is 0.525. The number of rotatable bonds is 8. The highest BCUT2D eigenvalue weighted by atomic mass is 16.5. The van der Waals surface area contributed by atoms with Gasteiger partial charge in [0.05, 0.1) is 38.8 Å². The van der Waals surface area contributed by atoms with Crippen LogP contribution in [0.3, 0.4) is 0 Å². The van der Waals surface area contributed by atoms with Crippen LogP contribution in [0.5, 0.6) is 17.2 Å². The largest absolute Gasteiger partial charge is 0.493 e. The van der Waals surface area contributed by atoms with Gasteiger partial charge in [-0.2, -0.15) is 5.10 Å². The maximum Gasteiger partial charge on any atom is 0.312 e. The number of hydrogen-bond donors (Lipinski definition) is 1. The number of hydrogen-bond acceptors (Lipinski definition) is 8. The number of nitrogens with one attached hydrogen (secondary N) is 1. The number of carbonyl (C=O) groups is 2. The zero-order chi connectivity index (χ0) is 23.3. The van der Waals surface area contributed by atoms with Crippen LogP contribution in [0.25, 0.3) is 10.8 Å². The van der Waals surface area contributed by atoms with Crippen LogP contribution >= 0.6 is 0 Å². The SMILES string of the molecule is COc1cc(NC(=O)COC(=O)Cc2nn(C)c(=O)c3ccccc23)cc(OC)c1OC. The summed E-state index contributed by atoms with van der Waals surface area (Å²) in [6.07, 6.45) is -0.188. The maximum absolute atomic E-state index is 12.3. The lowest BCUT2D eigenvalue weighted by molar-refractivity contribution is -0.146. The topological polar surface area (TPSA) is 118 Å². The van der Waals surface area contributed by atoms with Gasteiger partial charge < -0.3 is 24.3 Å². The number of benzene rings is 2. The molecule has 168 valence electrons. The van der Waals surface area contributed by atoms with Gasteiger partial charge in [-0.15, -0.1) is 0 Å². The van der Waals surface area contributed by atoms with Gasteiger partial charge in [-0.05, 0) is 6.07 Å². The highest BCUT2D eigenvalue weighted by Gasteiger charge is 2.17. The molecule has 10 nitrogen and oxygen atoms in total. The van der Waals surface area contributed by atoms with Crippen molar-refractivity contribution in [2.45, 2.75) is 6.42 Å². The van der Waals surface area contributed by atoms with E-state index in [0.717, 1.165) is 0 Å². The summed E-state index contributed by atoms with van der Waals surface area (Å²) < 4.78 is 22.0. The van der Waals surface area contributed by atoms with Crippen LogP contribution in [0, 0.1) is 0 Å². The molecule has 0 aliphatic carbocycles. The first-order valence-corrected chi connectivity index (χ1v) is 9.58. The standard InChI is InChI=1S/C22H23N3O7/c1-25-22(28)15-8-6-5-7-14(15)16(24-25)11-20(27)32-12-19(26)23-13-9-17(29-2)21(31-4)18(10-13)30-3/h5-10H,11-12H2,1-4H3,(H,23,26). The molecule has 0 unspecified atom stereocenters. The third-order valence-corrected chi connectivity index (χ3v) is 4.66. The van der Waals surface area contributed by atoms with Gasteiger partial charge in [-0.1, -0.05) is 18.2 Å². The second kappa shape index (κ2) is 9.82. The molecule has 0 aliphatic rings. The van der Waals surface area contributed by atoms with Crippen molar-refractivity contribution in [2.24, 2.45) is 7.05 Å². The third-order valence-electron chi connectivity index (χ3n) is 4.66. The van der Waals surface area contributed by atoms with Gasteiger partial charge in [-0.3, -0.25) is 14.4 Å². The average molecular weight is 441 g/mol. The van der Waals surface area contributed by atoms with E-state index in [1.807, 2.05) is 0 Å². The number of amides is 1. The molecule has 0 radical (unpaired) electrons. The Kier molecular flexibility index (Phi) is 6.93. The van der Waals surface area contributed by atoms with Crippen molar-refractivity contribution in [2.75, 3.05) is 33.3 Å². The van der Waals surface area contributed by atoms with Gasteiger partial charge >= 0.3 is 5.97 Å². The molecular formula is C22H23N3O7. The van der Waals surface area contributed by atoms with E-state index in [1.54, 1.807) is 36.4 Å². The first-order chi connectivity index (χ1) is 15.4. The monoisotopic (exact) mass is 441 g/mol. The molecule has 1 N–H and O–H groups in total. The highest BCUT2D eigenvalue weighted by molar-refractivity contribution is 5.94. The van der Waals surface area contributed by atoms with Crippen molar-refractivity contribution in [3.05, 3.63) is 52.4 Å². The predicted molar refractivity (Wildman–Crippen MR) is 116 cm³/mol. The van der Waals surface area contributed by atoms with Crippen molar-refractivity contribution in [3.8, 4) is 17.2 Å². The lowest BCUT2D eigenvalue weighted by atomic mass is 10.1. The highest BCUT2D eigenvalue weighted by Crippen LogP contribution is 2.39. The van der Waals surface area contributed by atoms with Crippen molar-refractivity contribution in [1.29, 1.82) is 0 Å². The molecule has 0 spiro atoms. The molecule has 32 heavy (non-hydrogen) atoms. The fraction of sp³-hybridized carbons (Fsp3) is 0.273. The summed E-state index contributed by atoms with van der Waals surface area (Å²) in [5.74, 6) is -0.0813. The Hall–Kier alpha value is -4.08. The van der Waals surface area contributed by atoms with Crippen molar-refractivity contribution >= 4 is 28.3 Å². The summed E-state index contributed by atoms with van der Waals surface area (Å²) in [5.41, 5.74) is 0.506. The van der Waals surface area contributed by atoms with Crippen LogP contribution in [-0.2, 0) is 27.8 Å².